The first-order valence-electron chi connectivity index (χ1n) is 41.8. The average molecular weight is 1810 g/mol. The number of hydrogen-bond acceptors (Lipinski definition) is 23. The van der Waals surface area contributed by atoms with Crippen molar-refractivity contribution in [2.75, 3.05) is 67.1 Å². The molecule has 11 N–H and O–H groups in total. The van der Waals surface area contributed by atoms with E-state index in [-0.39, 0.29) is 96.6 Å². The minimum Gasteiger partial charge on any atom is -0.464 e. The Morgan fingerprint density at radius 3 is 0.773 bits per heavy atom. The van der Waals surface area contributed by atoms with Crippen LogP contribution in [0.3, 0.4) is 0 Å². The third-order valence-corrected chi connectivity index (χ3v) is 19.5. The van der Waals surface area contributed by atoms with Crippen LogP contribution in [0.2, 0.25) is 0 Å². The normalized spacial score (nSPS) is 11.9. The van der Waals surface area contributed by atoms with Crippen LogP contribution >= 0.6 is 0 Å². The highest BCUT2D eigenvalue weighted by Crippen LogP contribution is 2.22. The van der Waals surface area contributed by atoms with Gasteiger partial charge in [0, 0.05) is 60.1 Å². The van der Waals surface area contributed by atoms with Gasteiger partial charge < -0.3 is 76.6 Å². The van der Waals surface area contributed by atoms with Crippen molar-refractivity contribution in [2.45, 2.75) is 112 Å². The van der Waals surface area contributed by atoms with Crippen molar-refractivity contribution in [3.8, 4) is 11.1 Å². The zero-order chi connectivity index (χ0) is 97.4. The SMILES string of the molecule is CC(=O)C(CO)NC(=O)c1ccc(-c2ccccc2)cc1.CC(=O)C(CO)NC(=O)c1ccc2ccccc2c1.CC(=O)C(CO)NC(=O)c1ccc2ccccc2c1.CC(=O)OCC(NC(=O)c1ccc(C)cc1)C(C)=O.CCOC(=O)C(CO)NC(=O)c1ccc(C)cc1.COCC(NC(=O)c1ccc2ccccc2c1)C(C)=O.COCC(NC(=O)c1ccccc1)C(C)=O. The summed E-state index contributed by atoms with van der Waals surface area (Å²) in [5.41, 5.74) is 7.51. The van der Waals surface area contributed by atoms with Gasteiger partial charge in [-0.1, -0.05) is 187 Å². The zero-order valence-corrected chi connectivity index (χ0v) is 75.6. The molecule has 11 rings (SSSR count). The molecule has 7 atom stereocenters. The van der Waals surface area contributed by atoms with Gasteiger partial charge in [-0.25, -0.2) is 4.79 Å². The lowest BCUT2D eigenvalue weighted by Gasteiger charge is -2.15. The van der Waals surface area contributed by atoms with Crippen molar-refractivity contribution in [2.24, 2.45) is 0 Å². The minimum absolute atomic E-state index is 0.119. The molecule has 0 bridgehead atoms. The van der Waals surface area contributed by atoms with Gasteiger partial charge in [0.05, 0.1) is 46.2 Å². The Balaban J connectivity index is 0.000000273. The standard InChI is InChI=1S/C17H17NO3.C16H17NO3.2C15H15NO3.C14H17NO4.C13H17NO4.C12H15NO3/c1-12(20)16(11-19)18-17(21)15-9-7-14(8-10-15)13-5-3-2-4-6-13;1-11(18)15(10-20-2)17-16(19)14-8-7-12-5-3-4-6-13(12)9-14;2*1-10(18)14(9-17)16-15(19)13-7-6-11-4-2-3-5-12(11)8-13;1-9-4-6-12(7-5-9)14(18)15-13(10(2)16)8-19-11(3)17;1-3-18-13(17)11(8-15)14-12(16)10-6-4-9(2)5-7-10;1-9(14)11(8-16-2)13-12(15)10-6-4-3-5-7-10/h2-10,16,19H,11H2,1H3,(H,18,21);3-9,15H,10H2,1-2H3,(H,17,19);2*2-8,14,17H,9H2,1H3,(H,16,19);4-7,13H,8H2,1-3H3,(H,15,18);4-7,11,15H,3,8H2,1-2H3,(H,14,16);3-7,11H,8H2,1-2H3,(H,13,15). The van der Waals surface area contributed by atoms with Gasteiger partial charge in [-0.15, -0.1) is 0 Å². The van der Waals surface area contributed by atoms with Crippen LogP contribution in [0.15, 0.2) is 261 Å². The van der Waals surface area contributed by atoms with E-state index in [0.29, 0.717) is 38.9 Å². The van der Waals surface area contributed by atoms with Crippen LogP contribution in [0, 0.1) is 13.8 Å². The smallest absolute Gasteiger partial charge is 0.331 e. The number of methoxy groups -OCH3 is 2. The van der Waals surface area contributed by atoms with E-state index in [0.717, 1.165) is 54.6 Å². The number of nitrogens with one attached hydrogen (secondary N) is 7. The van der Waals surface area contributed by atoms with Crippen molar-refractivity contribution in [3.63, 3.8) is 0 Å². The summed E-state index contributed by atoms with van der Waals surface area (Å²) in [6.07, 6.45) is 0. The third-order valence-electron chi connectivity index (χ3n) is 19.5. The molecule has 0 spiro atoms. The van der Waals surface area contributed by atoms with Crippen LogP contribution in [0.4, 0.5) is 0 Å². The summed E-state index contributed by atoms with van der Waals surface area (Å²) in [6, 6.07) is 73.3. The van der Waals surface area contributed by atoms with Crippen molar-refractivity contribution in [1.29, 1.82) is 0 Å². The van der Waals surface area contributed by atoms with E-state index in [1.165, 1.54) is 62.7 Å². The quantitative estimate of drug-likeness (QED) is 0.0170. The fourth-order valence-electron chi connectivity index (χ4n) is 11.7. The molecule has 0 saturated heterocycles. The highest BCUT2D eigenvalue weighted by Gasteiger charge is 2.26. The lowest BCUT2D eigenvalue weighted by Crippen LogP contribution is -2.44. The number of carbonyl (C=O) groups excluding carboxylic acids is 15. The van der Waals surface area contributed by atoms with E-state index in [4.69, 9.17) is 39.4 Å². The van der Waals surface area contributed by atoms with Crippen molar-refractivity contribution < 1.29 is 111 Å². The fraction of sp³-hybridized carbons (Fsp3) is 0.265. The molecular weight excluding hydrogens is 1690 g/mol. The number of carbonyl (C=O) groups is 15. The number of benzene rings is 11. The molecule has 694 valence electrons. The molecule has 0 heterocycles. The van der Waals surface area contributed by atoms with Crippen LogP contribution in [0.25, 0.3) is 43.4 Å². The van der Waals surface area contributed by atoms with Gasteiger partial charge in [-0.05, 0) is 191 Å². The lowest BCUT2D eigenvalue weighted by molar-refractivity contribution is -0.146. The maximum Gasteiger partial charge on any atom is 0.331 e. The van der Waals surface area contributed by atoms with Gasteiger partial charge in [0.1, 0.15) is 42.9 Å². The van der Waals surface area contributed by atoms with Crippen LogP contribution < -0.4 is 37.2 Å². The molecule has 0 aliphatic carbocycles. The number of amides is 7. The number of rotatable bonds is 33. The Labute approximate surface area is 765 Å². The third kappa shape index (κ3) is 37.1. The molecule has 132 heavy (non-hydrogen) atoms. The minimum atomic E-state index is -1.03. The Hall–Kier alpha value is -14.8. The summed E-state index contributed by atoms with van der Waals surface area (Å²) < 4.78 is 19.3. The highest BCUT2D eigenvalue weighted by atomic mass is 16.5. The molecule has 0 aliphatic heterocycles. The predicted octanol–water partition coefficient (Wildman–Crippen LogP) is 10.2. The molecule has 0 radical (unpaired) electrons. The summed E-state index contributed by atoms with van der Waals surface area (Å²) in [5, 5.41) is 60.0. The van der Waals surface area contributed by atoms with E-state index in [1.54, 1.807) is 110 Å². The number of ether oxygens (including phenoxy) is 4. The van der Waals surface area contributed by atoms with Crippen molar-refractivity contribution in [1.82, 2.24) is 37.2 Å². The lowest BCUT2D eigenvalue weighted by atomic mass is 10.0. The molecular formula is C102H113N7O23. The topological polar surface area (TPSA) is 458 Å². The molecule has 7 unspecified atom stereocenters. The maximum atomic E-state index is 12.2. The van der Waals surface area contributed by atoms with Crippen LogP contribution in [0.5, 0.6) is 0 Å². The van der Waals surface area contributed by atoms with Gasteiger partial charge in [-0.2, -0.15) is 0 Å². The molecule has 0 fully saturated rings. The number of ketones is 6. The van der Waals surface area contributed by atoms with Gasteiger partial charge in [0.2, 0.25) is 0 Å². The first kappa shape index (κ1) is 108. The number of fused-ring (bicyclic) bond motifs is 3. The molecule has 0 saturated carbocycles. The van der Waals surface area contributed by atoms with E-state index in [9.17, 15) is 71.9 Å². The van der Waals surface area contributed by atoms with E-state index < -0.39 is 86.6 Å². The summed E-state index contributed by atoms with van der Waals surface area (Å²) in [7, 11) is 2.99. The Morgan fingerprint density at radius 1 is 0.258 bits per heavy atom. The van der Waals surface area contributed by atoms with E-state index >= 15 is 0 Å². The molecule has 30 nitrogen and oxygen atoms in total. The number of Topliss-reactive ketones (excluding diaryl/α,β-unsaturated/α-hetero) is 6. The van der Waals surface area contributed by atoms with Gasteiger partial charge in [-0.3, -0.25) is 67.1 Å². The number of aryl methyl sites for hydroxylation is 2. The number of aliphatic hydroxyl groups is 4. The molecule has 11 aromatic rings. The fourth-order valence-corrected chi connectivity index (χ4v) is 11.7. The molecule has 0 aliphatic rings. The van der Waals surface area contributed by atoms with Gasteiger partial charge in [0.15, 0.2) is 40.7 Å². The summed E-state index contributed by atoms with van der Waals surface area (Å²) in [5.74, 6) is -4.85. The summed E-state index contributed by atoms with van der Waals surface area (Å²) in [4.78, 5) is 173. The van der Waals surface area contributed by atoms with E-state index in [2.05, 4.69) is 37.2 Å². The molecule has 30 heteroatoms. The largest absolute Gasteiger partial charge is 0.464 e. The second-order valence-electron chi connectivity index (χ2n) is 29.8. The molecule has 7 amide bonds. The molecule has 11 aromatic carbocycles. The first-order chi connectivity index (χ1) is 63.1. The van der Waals surface area contributed by atoms with Gasteiger partial charge in [0.25, 0.3) is 41.4 Å². The zero-order valence-electron chi connectivity index (χ0n) is 75.6. The Kier molecular flexibility index (Phi) is 46.7. The van der Waals surface area contributed by atoms with E-state index in [1.807, 2.05) is 172 Å². The van der Waals surface area contributed by atoms with Crippen LogP contribution in [-0.4, -0.2) is 218 Å². The predicted molar refractivity (Wildman–Crippen MR) is 501 cm³/mol. The number of hydrogen-bond donors (Lipinski definition) is 11. The van der Waals surface area contributed by atoms with Crippen molar-refractivity contribution >= 4 is 120 Å². The Bertz CT molecular complexity index is 5590. The summed E-state index contributed by atoms with van der Waals surface area (Å²) in [6.45, 7) is 13.7. The monoisotopic (exact) mass is 1800 g/mol. The summed E-state index contributed by atoms with van der Waals surface area (Å²) >= 11 is 0. The number of esters is 2. The first-order valence-corrected chi connectivity index (χ1v) is 41.8. The Morgan fingerprint density at radius 2 is 0.492 bits per heavy atom. The highest BCUT2D eigenvalue weighted by molar-refractivity contribution is 6.05. The second kappa shape index (κ2) is 57.2. The van der Waals surface area contributed by atoms with Gasteiger partial charge >= 0.3 is 11.9 Å². The van der Waals surface area contributed by atoms with Crippen LogP contribution in [0.1, 0.15) is 139 Å². The maximum absolute atomic E-state index is 12.2. The number of aliphatic hydroxyl groups excluding tert-OH is 4. The molecule has 0 aromatic heterocycles. The second-order valence-corrected chi connectivity index (χ2v) is 29.8. The van der Waals surface area contributed by atoms with Crippen molar-refractivity contribution in [3.05, 3.63) is 311 Å². The average Bonchev–Trinajstić information content (AvgIpc) is 0.837. The van der Waals surface area contributed by atoms with Crippen LogP contribution in [-0.2, 0) is 57.3 Å².